The van der Waals surface area contributed by atoms with Crippen molar-refractivity contribution < 1.29 is 19.8 Å². The lowest BCUT2D eigenvalue weighted by molar-refractivity contribution is -0.143. The van der Waals surface area contributed by atoms with Crippen molar-refractivity contribution in [3.05, 3.63) is 0 Å². The van der Waals surface area contributed by atoms with Gasteiger partial charge in [0.2, 0.25) is 5.91 Å². The number of aliphatic hydroxyl groups is 1. The zero-order valence-corrected chi connectivity index (χ0v) is 8.99. The van der Waals surface area contributed by atoms with Crippen molar-refractivity contribution in [3.8, 4) is 0 Å². The van der Waals surface area contributed by atoms with E-state index in [-0.39, 0.29) is 0 Å². The number of aliphatic hydroxyl groups excluding tert-OH is 1. The van der Waals surface area contributed by atoms with E-state index >= 15 is 0 Å². The first-order valence-electron chi connectivity index (χ1n) is 4.84. The minimum Gasteiger partial charge on any atom is -0.480 e. The monoisotopic (exact) mass is 218 g/mol. The molecule has 0 heterocycles. The van der Waals surface area contributed by atoms with Crippen LogP contribution in [0.2, 0.25) is 0 Å². The zero-order chi connectivity index (χ0) is 12.1. The van der Waals surface area contributed by atoms with Crippen molar-refractivity contribution in [2.24, 2.45) is 5.73 Å². The number of amides is 1. The van der Waals surface area contributed by atoms with Gasteiger partial charge < -0.3 is 21.3 Å². The summed E-state index contributed by atoms with van der Waals surface area (Å²) in [5.74, 6) is -1.82. The predicted molar refractivity (Wildman–Crippen MR) is 54.2 cm³/mol. The van der Waals surface area contributed by atoms with Crippen molar-refractivity contribution >= 4 is 11.9 Å². The molecule has 15 heavy (non-hydrogen) atoms. The summed E-state index contributed by atoms with van der Waals surface area (Å²) in [6.07, 6.45) is 0.820. The van der Waals surface area contributed by atoms with Crippen LogP contribution in [0.5, 0.6) is 0 Å². The van der Waals surface area contributed by atoms with Crippen molar-refractivity contribution in [1.82, 2.24) is 5.32 Å². The fourth-order valence-electron chi connectivity index (χ4n) is 1.06. The number of aliphatic carboxylic acids is 1. The number of nitrogens with two attached hydrogens (primary N) is 1. The van der Waals surface area contributed by atoms with E-state index in [0.29, 0.717) is 12.8 Å². The number of nitrogens with one attached hydrogen (secondary N) is 1. The summed E-state index contributed by atoms with van der Waals surface area (Å²) in [4.78, 5) is 22.1. The van der Waals surface area contributed by atoms with Crippen LogP contribution in [0.25, 0.3) is 0 Å². The Morgan fingerprint density at radius 2 is 1.87 bits per heavy atom. The standard InChI is InChI=1S/C9H18N2O4/c1-3-9(10,4-2)8(15)11-6(5-12)7(13)14/h6,12H,3-5,10H2,1-2H3,(H,11,15)(H,13,14)/t6-/m1/s1. The molecule has 6 nitrogen and oxygen atoms in total. The van der Waals surface area contributed by atoms with E-state index in [4.69, 9.17) is 15.9 Å². The average Bonchev–Trinajstić information content (AvgIpc) is 2.23. The van der Waals surface area contributed by atoms with Crippen molar-refractivity contribution in [2.75, 3.05) is 6.61 Å². The first-order valence-corrected chi connectivity index (χ1v) is 4.84. The van der Waals surface area contributed by atoms with E-state index in [2.05, 4.69) is 5.32 Å². The number of carboxylic acids is 1. The third-order valence-electron chi connectivity index (χ3n) is 2.50. The lowest BCUT2D eigenvalue weighted by Crippen LogP contribution is -2.57. The highest BCUT2D eigenvalue weighted by Gasteiger charge is 2.32. The van der Waals surface area contributed by atoms with E-state index in [1.54, 1.807) is 13.8 Å². The summed E-state index contributed by atoms with van der Waals surface area (Å²) in [5.41, 5.74) is 4.69. The number of carbonyl (C=O) groups excluding carboxylic acids is 1. The number of hydrogen-bond acceptors (Lipinski definition) is 4. The molecule has 0 aromatic heterocycles. The summed E-state index contributed by atoms with van der Waals surface area (Å²) in [7, 11) is 0. The van der Waals surface area contributed by atoms with Gasteiger partial charge in [0.25, 0.3) is 0 Å². The molecule has 0 unspecified atom stereocenters. The molecule has 0 aliphatic heterocycles. The summed E-state index contributed by atoms with van der Waals surface area (Å²) >= 11 is 0. The topological polar surface area (TPSA) is 113 Å². The van der Waals surface area contributed by atoms with Crippen LogP contribution in [-0.4, -0.2) is 40.3 Å². The van der Waals surface area contributed by atoms with Gasteiger partial charge in [-0.25, -0.2) is 4.79 Å². The van der Waals surface area contributed by atoms with Crippen molar-refractivity contribution in [2.45, 2.75) is 38.3 Å². The number of rotatable bonds is 6. The normalized spacial score (nSPS) is 13.3. The largest absolute Gasteiger partial charge is 0.480 e. The molecule has 0 rings (SSSR count). The first-order chi connectivity index (χ1) is 6.91. The summed E-state index contributed by atoms with van der Waals surface area (Å²) in [6, 6.07) is -1.29. The molecule has 0 fully saturated rings. The highest BCUT2D eigenvalue weighted by molar-refractivity contribution is 5.89. The highest BCUT2D eigenvalue weighted by Crippen LogP contribution is 2.11. The second-order valence-corrected chi connectivity index (χ2v) is 3.41. The molecule has 0 spiro atoms. The smallest absolute Gasteiger partial charge is 0.328 e. The van der Waals surface area contributed by atoms with Crippen LogP contribution >= 0.6 is 0 Å². The minimum atomic E-state index is -1.29. The second-order valence-electron chi connectivity index (χ2n) is 3.41. The Balaban J connectivity index is 4.52. The van der Waals surface area contributed by atoms with Gasteiger partial charge >= 0.3 is 5.97 Å². The maximum atomic E-state index is 11.6. The number of hydrogen-bond donors (Lipinski definition) is 4. The van der Waals surface area contributed by atoms with E-state index < -0.39 is 30.1 Å². The number of carboxylic acid groups (broad SMARTS) is 1. The van der Waals surface area contributed by atoms with Gasteiger partial charge in [0.15, 0.2) is 0 Å². The molecule has 0 aromatic rings. The van der Waals surface area contributed by atoms with Crippen LogP contribution in [0.15, 0.2) is 0 Å². The fourth-order valence-corrected chi connectivity index (χ4v) is 1.06. The van der Waals surface area contributed by atoms with Crippen molar-refractivity contribution in [1.29, 1.82) is 0 Å². The first kappa shape index (κ1) is 13.9. The second kappa shape index (κ2) is 5.67. The van der Waals surface area contributed by atoms with Crippen LogP contribution in [0.1, 0.15) is 26.7 Å². The zero-order valence-electron chi connectivity index (χ0n) is 8.99. The third-order valence-corrected chi connectivity index (χ3v) is 2.50. The lowest BCUT2D eigenvalue weighted by Gasteiger charge is -2.26. The van der Waals surface area contributed by atoms with E-state index in [0.717, 1.165) is 0 Å². The fraction of sp³-hybridized carbons (Fsp3) is 0.778. The Labute approximate surface area is 88.5 Å². The molecule has 0 saturated carbocycles. The Hall–Kier alpha value is -1.14. The molecular formula is C9H18N2O4. The van der Waals surface area contributed by atoms with Crippen LogP contribution in [0, 0.1) is 0 Å². The maximum Gasteiger partial charge on any atom is 0.328 e. The molecule has 0 aliphatic carbocycles. The van der Waals surface area contributed by atoms with E-state index in [1.165, 1.54) is 0 Å². The molecule has 6 heteroatoms. The average molecular weight is 218 g/mol. The molecule has 1 amide bonds. The maximum absolute atomic E-state index is 11.6. The van der Waals surface area contributed by atoms with Gasteiger partial charge in [-0.3, -0.25) is 4.79 Å². The van der Waals surface area contributed by atoms with Crippen molar-refractivity contribution in [3.63, 3.8) is 0 Å². The minimum absolute atomic E-state index is 0.410. The van der Waals surface area contributed by atoms with Gasteiger partial charge in [0.1, 0.15) is 6.04 Å². The molecule has 0 radical (unpaired) electrons. The Morgan fingerprint density at radius 3 is 2.13 bits per heavy atom. The van der Waals surface area contributed by atoms with Gasteiger partial charge in [-0.15, -0.1) is 0 Å². The molecule has 0 saturated heterocycles. The lowest BCUT2D eigenvalue weighted by atomic mass is 9.93. The van der Waals surface area contributed by atoms with Gasteiger partial charge in [0.05, 0.1) is 12.1 Å². The molecular weight excluding hydrogens is 200 g/mol. The van der Waals surface area contributed by atoms with Gasteiger partial charge in [-0.05, 0) is 12.8 Å². The van der Waals surface area contributed by atoms with Gasteiger partial charge in [-0.2, -0.15) is 0 Å². The Morgan fingerprint density at radius 1 is 1.40 bits per heavy atom. The van der Waals surface area contributed by atoms with Crippen LogP contribution in [0.3, 0.4) is 0 Å². The van der Waals surface area contributed by atoms with E-state index in [1.807, 2.05) is 0 Å². The van der Waals surface area contributed by atoms with Crippen LogP contribution < -0.4 is 11.1 Å². The summed E-state index contributed by atoms with van der Waals surface area (Å²) < 4.78 is 0. The van der Waals surface area contributed by atoms with Gasteiger partial charge in [0, 0.05) is 0 Å². The SMILES string of the molecule is CCC(N)(CC)C(=O)N[C@H](CO)C(=O)O. The summed E-state index contributed by atoms with van der Waals surface area (Å²) in [5, 5.41) is 19.5. The molecule has 0 bridgehead atoms. The molecule has 88 valence electrons. The molecule has 0 aliphatic rings. The third kappa shape index (κ3) is 3.49. The van der Waals surface area contributed by atoms with Gasteiger partial charge in [-0.1, -0.05) is 13.8 Å². The molecule has 5 N–H and O–H groups in total. The Kier molecular flexibility index (Phi) is 5.24. The highest BCUT2D eigenvalue weighted by atomic mass is 16.4. The van der Waals surface area contributed by atoms with Crippen LogP contribution in [0.4, 0.5) is 0 Å². The van der Waals surface area contributed by atoms with E-state index in [9.17, 15) is 9.59 Å². The predicted octanol–water partition coefficient (Wildman–Crippen LogP) is -0.934. The molecule has 1 atom stereocenters. The quantitative estimate of drug-likeness (QED) is 0.460. The van der Waals surface area contributed by atoms with Crippen LogP contribution in [-0.2, 0) is 9.59 Å². The number of carbonyl (C=O) groups is 2. The summed E-state index contributed by atoms with van der Waals surface area (Å²) in [6.45, 7) is 2.85. The molecule has 0 aromatic carbocycles. The Bertz CT molecular complexity index is 238.